The zero-order chi connectivity index (χ0) is 27.5. The van der Waals surface area contributed by atoms with Crippen molar-refractivity contribution in [2.24, 2.45) is 0 Å². The van der Waals surface area contributed by atoms with E-state index in [1.165, 1.54) is 17.5 Å². The van der Waals surface area contributed by atoms with Gasteiger partial charge in [0.2, 0.25) is 0 Å². The Morgan fingerprint density at radius 2 is 2.22 bits per heavy atom. The van der Waals surface area contributed by atoms with Gasteiger partial charge in [-0.1, -0.05) is 25.2 Å². The van der Waals surface area contributed by atoms with Crippen LogP contribution in [-0.4, -0.2) is 24.3 Å². The molecule has 2 aliphatic rings. The van der Waals surface area contributed by atoms with Gasteiger partial charge in [-0.25, -0.2) is 0 Å². The topological polar surface area (TPSA) is 31.4 Å². The normalized spacial score (nSPS) is 37.8. The number of nitrogens with zero attached hydrogens (tertiary/aromatic N) is 1. The molecule has 146 valence electrons. The molecule has 3 nitrogen and oxygen atoms in total. The summed E-state index contributed by atoms with van der Waals surface area (Å²) < 4.78 is 96.9. The van der Waals surface area contributed by atoms with Gasteiger partial charge in [0.05, 0.1) is 12.7 Å². The summed E-state index contributed by atoms with van der Waals surface area (Å²) in [6.45, 7) is -0.198. The van der Waals surface area contributed by atoms with Gasteiger partial charge in [0, 0.05) is 42.5 Å². The average molecular weight is 396 g/mol. The highest BCUT2D eigenvalue weighted by molar-refractivity contribution is 7.10. The summed E-state index contributed by atoms with van der Waals surface area (Å²) in [5, 5.41) is 1.87. The van der Waals surface area contributed by atoms with Gasteiger partial charge >= 0.3 is 0 Å². The Hall–Kier alpha value is -1.39. The molecule has 27 heavy (non-hydrogen) atoms. The predicted octanol–water partition coefficient (Wildman–Crippen LogP) is 5.93. The molecule has 1 atom stereocenters. The molecule has 0 bridgehead atoms. The van der Waals surface area contributed by atoms with Crippen molar-refractivity contribution >= 4 is 11.3 Å². The van der Waals surface area contributed by atoms with Crippen LogP contribution in [0.4, 0.5) is 0 Å². The van der Waals surface area contributed by atoms with Gasteiger partial charge in [-0.05, 0) is 68.4 Å². The van der Waals surface area contributed by atoms with Gasteiger partial charge in [0.25, 0.3) is 0 Å². The maximum atomic E-state index is 8.91. The molecule has 1 aliphatic carbocycles. The van der Waals surface area contributed by atoms with Crippen LogP contribution in [0.2, 0.25) is 0 Å². The second kappa shape index (κ2) is 8.32. The standard InChI is InChI=1S/C23H31NO2S/c1-25-19-10-17-27-20(19)8-2-4-11-22(21-9-3-7-15-24-21)14-16-26-23(18-22)12-5-6-13-23/h3,7,9-10,15,17H,2,4-6,8,11-14,16,18H2,1H3/t22-/m1/s1/i4D2,5D2,6D2,12D2,13D2. The lowest BCUT2D eigenvalue weighted by Crippen LogP contribution is -2.46. The fraction of sp³-hybridized carbons (Fsp3) is 0.609. The molecule has 4 rings (SSSR count). The maximum Gasteiger partial charge on any atom is 0.132 e. The highest BCUT2D eigenvalue weighted by atomic mass is 32.1. The minimum atomic E-state index is -3.20. The smallest absolute Gasteiger partial charge is 0.132 e. The van der Waals surface area contributed by atoms with E-state index < -0.39 is 49.3 Å². The van der Waals surface area contributed by atoms with Crippen LogP contribution in [0.5, 0.6) is 5.75 Å². The van der Waals surface area contributed by atoms with Crippen LogP contribution in [0, 0.1) is 0 Å². The molecule has 0 N–H and O–H groups in total. The van der Waals surface area contributed by atoms with Crippen molar-refractivity contribution in [2.75, 3.05) is 13.7 Å². The third-order valence-corrected chi connectivity index (χ3v) is 6.19. The van der Waals surface area contributed by atoms with Gasteiger partial charge < -0.3 is 9.47 Å². The predicted molar refractivity (Wildman–Crippen MR) is 111 cm³/mol. The second-order valence-electron chi connectivity index (χ2n) is 6.94. The number of hydrogen-bond donors (Lipinski definition) is 0. The quantitative estimate of drug-likeness (QED) is 0.582. The molecule has 2 fully saturated rings. The van der Waals surface area contributed by atoms with E-state index in [0.717, 1.165) is 4.88 Å². The lowest BCUT2D eigenvalue weighted by molar-refractivity contribution is -0.104. The van der Waals surface area contributed by atoms with Crippen molar-refractivity contribution in [1.82, 2.24) is 4.98 Å². The molecule has 0 unspecified atom stereocenters. The molecule has 1 aliphatic heterocycles. The molecule has 1 saturated heterocycles. The Labute approximate surface area is 181 Å². The Morgan fingerprint density at radius 1 is 1.33 bits per heavy atom. The number of pyridine rings is 1. The molecular weight excluding hydrogens is 354 g/mol. The summed E-state index contributed by atoms with van der Waals surface area (Å²) in [6.07, 6.45) is -12.7. The first-order chi connectivity index (χ1) is 17.0. The number of ether oxygens (including phenoxy) is 2. The fourth-order valence-electron chi connectivity index (χ4n) is 3.85. The first kappa shape index (κ1) is 10.4. The maximum absolute atomic E-state index is 8.91. The van der Waals surface area contributed by atoms with Crippen LogP contribution >= 0.6 is 11.3 Å². The van der Waals surface area contributed by atoms with E-state index in [1.807, 2.05) is 11.4 Å². The van der Waals surface area contributed by atoms with Gasteiger partial charge in [0.15, 0.2) is 0 Å². The Morgan fingerprint density at radius 3 is 3.00 bits per heavy atom. The summed E-state index contributed by atoms with van der Waals surface area (Å²) in [4.78, 5) is 5.34. The van der Waals surface area contributed by atoms with Crippen molar-refractivity contribution in [3.63, 3.8) is 0 Å². The first-order valence-electron chi connectivity index (χ1n) is 14.2. The average Bonchev–Trinajstić information content (AvgIpc) is 3.31. The number of aromatic nitrogens is 1. The van der Waals surface area contributed by atoms with Crippen LogP contribution in [-0.2, 0) is 16.6 Å². The highest BCUT2D eigenvalue weighted by Gasteiger charge is 2.48. The van der Waals surface area contributed by atoms with Crippen LogP contribution in [0.25, 0.3) is 0 Å². The van der Waals surface area contributed by atoms with E-state index >= 15 is 0 Å². The Kier molecular flexibility index (Phi) is 3.21. The minimum absolute atomic E-state index is 0.119. The highest BCUT2D eigenvalue weighted by Crippen LogP contribution is 2.50. The van der Waals surface area contributed by atoms with Gasteiger partial charge in [0.1, 0.15) is 5.75 Å². The summed E-state index contributed by atoms with van der Waals surface area (Å²) in [6, 6.07) is 6.91. The number of methoxy groups -OCH3 is 1. The number of thiophene rings is 1. The number of aryl methyl sites for hydroxylation is 1. The van der Waals surface area contributed by atoms with E-state index in [0.29, 0.717) is 17.9 Å². The van der Waals surface area contributed by atoms with Crippen molar-refractivity contribution in [2.45, 2.75) is 75.0 Å². The molecule has 0 radical (unpaired) electrons. The molecule has 3 heterocycles. The molecule has 1 saturated carbocycles. The summed E-state index contributed by atoms with van der Waals surface area (Å²) in [5.41, 5.74) is -3.30. The van der Waals surface area contributed by atoms with Gasteiger partial charge in [-0.3, -0.25) is 4.98 Å². The Balaban J connectivity index is 1.76. The second-order valence-corrected chi connectivity index (χ2v) is 7.94. The van der Waals surface area contributed by atoms with E-state index in [9.17, 15) is 0 Å². The SMILES string of the molecule is [2H]C([2H])(CCc1sccc1OC)C[C@@]1(c2ccccn2)CCOC2(C1)C([2H])([2H])C([2H])([2H])C([2H])([2H])C2([2H])[2H]. The summed E-state index contributed by atoms with van der Waals surface area (Å²) in [7, 11) is 1.55. The number of rotatable bonds is 7. The van der Waals surface area contributed by atoms with Gasteiger partial charge in [-0.2, -0.15) is 0 Å². The zero-order valence-electron chi connectivity index (χ0n) is 25.4. The summed E-state index contributed by atoms with van der Waals surface area (Å²) >= 11 is 1.46. The van der Waals surface area contributed by atoms with E-state index in [2.05, 4.69) is 4.98 Å². The largest absolute Gasteiger partial charge is 0.496 e. The monoisotopic (exact) mass is 395 g/mol. The van der Waals surface area contributed by atoms with Crippen molar-refractivity contribution < 1.29 is 23.2 Å². The van der Waals surface area contributed by atoms with Gasteiger partial charge in [-0.15, -0.1) is 11.3 Å². The molecule has 1 spiro atoms. The van der Waals surface area contributed by atoms with E-state index in [1.54, 1.807) is 25.3 Å². The van der Waals surface area contributed by atoms with Crippen molar-refractivity contribution in [3.05, 3.63) is 46.4 Å². The van der Waals surface area contributed by atoms with Crippen LogP contribution in [0.3, 0.4) is 0 Å². The third kappa shape index (κ3) is 4.07. The number of hydrogen-bond acceptors (Lipinski definition) is 4. The van der Waals surface area contributed by atoms with Crippen LogP contribution < -0.4 is 4.74 Å². The van der Waals surface area contributed by atoms with Crippen LogP contribution in [0.1, 0.15) is 81.8 Å². The lowest BCUT2D eigenvalue weighted by atomic mass is 9.67. The fourth-order valence-corrected chi connectivity index (χ4v) is 4.70. The van der Waals surface area contributed by atoms with E-state index in [4.69, 9.17) is 23.2 Å². The minimum Gasteiger partial charge on any atom is -0.496 e. The third-order valence-electron chi connectivity index (χ3n) is 5.23. The molecule has 4 heteroatoms. The van der Waals surface area contributed by atoms with Crippen molar-refractivity contribution in [1.29, 1.82) is 0 Å². The van der Waals surface area contributed by atoms with E-state index in [-0.39, 0.29) is 25.9 Å². The molecule has 2 aromatic rings. The summed E-state index contributed by atoms with van der Waals surface area (Å²) in [5.74, 6) is 0.682. The zero-order valence-corrected chi connectivity index (χ0v) is 16.2. The molecular formula is C23H31NO2S. The Bertz CT molecular complexity index is 1100. The van der Waals surface area contributed by atoms with Crippen LogP contribution in [0.15, 0.2) is 35.8 Å². The molecule has 0 amide bonds. The van der Waals surface area contributed by atoms with Crippen molar-refractivity contribution in [3.8, 4) is 5.75 Å². The molecule has 0 aromatic carbocycles. The first-order valence-corrected chi connectivity index (χ1v) is 10.0. The lowest BCUT2D eigenvalue weighted by Gasteiger charge is -2.46. The molecule has 2 aromatic heterocycles.